The van der Waals surface area contributed by atoms with Crippen molar-refractivity contribution in [1.29, 1.82) is 0 Å². The number of imidazole rings is 1. The number of pyridine rings is 1. The Morgan fingerprint density at radius 3 is 2.47 bits per heavy atom. The molecule has 0 saturated heterocycles. The monoisotopic (exact) mass is 430 g/mol. The molecule has 162 valence electrons. The summed E-state index contributed by atoms with van der Waals surface area (Å²) in [4.78, 5) is 4.53. The number of rotatable bonds is 5. The van der Waals surface area contributed by atoms with Crippen molar-refractivity contribution >= 4 is 11.2 Å². The normalized spacial score (nSPS) is 16.1. The number of nitrogens with one attached hydrogen (secondary N) is 1. The average molecular weight is 430 g/mol. The van der Waals surface area contributed by atoms with Crippen molar-refractivity contribution < 1.29 is 14.6 Å². The second-order valence-electron chi connectivity index (χ2n) is 7.90. The molecule has 0 bridgehead atoms. The summed E-state index contributed by atoms with van der Waals surface area (Å²) in [5, 5.41) is 21.1. The third-order valence-corrected chi connectivity index (χ3v) is 5.86. The molecule has 2 aromatic heterocycles. The maximum atomic E-state index is 13.4. The van der Waals surface area contributed by atoms with Crippen molar-refractivity contribution in [1.82, 2.24) is 19.8 Å². The van der Waals surface area contributed by atoms with Crippen LogP contribution in [0.15, 0.2) is 73.2 Å². The summed E-state index contributed by atoms with van der Waals surface area (Å²) in [6.45, 7) is -0.261. The van der Waals surface area contributed by atoms with E-state index in [1.165, 1.54) is 12.1 Å². The number of nitrogens with zero attached hydrogens (tertiary/aromatic N) is 3. The van der Waals surface area contributed by atoms with Gasteiger partial charge in [0.2, 0.25) is 0 Å². The van der Waals surface area contributed by atoms with Gasteiger partial charge in [0.15, 0.2) is 0 Å². The Morgan fingerprint density at radius 1 is 0.969 bits per heavy atom. The molecule has 0 saturated carbocycles. The molecule has 1 aliphatic heterocycles. The van der Waals surface area contributed by atoms with E-state index in [1.54, 1.807) is 18.3 Å². The van der Waals surface area contributed by atoms with Crippen molar-refractivity contribution in [2.45, 2.75) is 19.3 Å². The summed E-state index contributed by atoms with van der Waals surface area (Å²) >= 11 is 0. The molecule has 1 unspecified atom stereocenters. The van der Waals surface area contributed by atoms with Crippen LogP contribution in [0.5, 0.6) is 0 Å². The molecule has 0 radical (unpaired) electrons. The molecular weight excluding hydrogens is 407 g/mol. The zero-order chi connectivity index (χ0) is 22.2. The first kappa shape index (κ1) is 20.4. The van der Waals surface area contributed by atoms with Gasteiger partial charge in [-0.1, -0.05) is 24.3 Å². The van der Waals surface area contributed by atoms with Crippen molar-refractivity contribution in [3.63, 3.8) is 0 Å². The minimum atomic E-state index is -0.260. The lowest BCUT2D eigenvalue weighted by molar-refractivity contribution is 0.260. The molecule has 0 aliphatic carbocycles. The van der Waals surface area contributed by atoms with E-state index in [9.17, 15) is 14.6 Å². The summed E-state index contributed by atoms with van der Waals surface area (Å²) in [7, 11) is 1.93. The van der Waals surface area contributed by atoms with Gasteiger partial charge in [0.25, 0.3) is 0 Å². The summed E-state index contributed by atoms with van der Waals surface area (Å²) in [5.41, 5.74) is 10.4. The van der Waals surface area contributed by atoms with E-state index >= 15 is 0 Å². The van der Waals surface area contributed by atoms with Gasteiger partial charge >= 0.3 is 0 Å². The van der Waals surface area contributed by atoms with Crippen LogP contribution in [0.4, 0.5) is 4.39 Å². The quantitative estimate of drug-likeness (QED) is 0.451. The highest BCUT2D eigenvalue weighted by Crippen LogP contribution is 2.35. The Bertz CT molecular complexity index is 1310. The number of hydrogen-bond acceptors (Lipinski definition) is 5. The van der Waals surface area contributed by atoms with Gasteiger partial charge in [-0.25, -0.2) is 14.8 Å². The number of benzene rings is 2. The molecular formula is C25H23FN4O2. The third-order valence-electron chi connectivity index (χ3n) is 5.86. The summed E-state index contributed by atoms with van der Waals surface area (Å²) in [6.07, 6.45) is 5.88. The van der Waals surface area contributed by atoms with Gasteiger partial charge in [-0.2, -0.15) is 0 Å². The van der Waals surface area contributed by atoms with Gasteiger partial charge in [-0.15, -0.1) is 0 Å². The number of aromatic nitrogens is 2. The number of aliphatic hydroxyl groups is 2. The summed E-state index contributed by atoms with van der Waals surface area (Å²) in [6, 6.07) is 16.1. The van der Waals surface area contributed by atoms with E-state index in [0.717, 1.165) is 33.6 Å². The fraction of sp³-hybridized carbons (Fsp3) is 0.160. The molecule has 0 amide bonds. The smallest absolute Gasteiger partial charge is 0.137 e. The molecule has 4 aromatic rings. The number of fused-ring (bicyclic) bond motifs is 1. The molecule has 3 N–H and O–H groups in total. The van der Waals surface area contributed by atoms with Crippen LogP contribution < -0.4 is 5.43 Å². The van der Waals surface area contributed by atoms with Crippen molar-refractivity contribution in [2.24, 2.45) is 0 Å². The Morgan fingerprint density at radius 2 is 1.72 bits per heavy atom. The van der Waals surface area contributed by atoms with Crippen LogP contribution in [-0.4, -0.2) is 31.7 Å². The SMILES string of the molecule is CN1C=C(c2ccc3ncc(-c4ccc(CO)c(CO)c4)n3c2)C(c2ccc(F)cc2)N1. The first-order valence-corrected chi connectivity index (χ1v) is 10.3. The molecule has 32 heavy (non-hydrogen) atoms. The molecule has 0 spiro atoms. The van der Waals surface area contributed by atoms with Crippen molar-refractivity contribution in [2.75, 3.05) is 7.05 Å². The predicted molar refractivity (Wildman–Crippen MR) is 120 cm³/mol. The van der Waals surface area contributed by atoms with Crippen molar-refractivity contribution in [3.05, 3.63) is 101 Å². The standard InChI is InChI=1S/C25H23FN4O2/c1-29-13-22(25(28-29)16-4-7-21(26)8-5-16)18-6-9-24-27-11-23(30(24)12-18)17-2-3-19(14-31)20(10-17)15-32/h2-13,25,28,31-32H,14-15H2,1H3. The van der Waals surface area contributed by atoms with Gasteiger partial charge in [-0.05, 0) is 52.6 Å². The van der Waals surface area contributed by atoms with Gasteiger partial charge < -0.3 is 15.2 Å². The van der Waals surface area contributed by atoms with Crippen LogP contribution in [0, 0.1) is 5.82 Å². The Labute approximate surface area is 184 Å². The molecule has 2 aromatic carbocycles. The fourth-order valence-electron chi connectivity index (χ4n) is 4.20. The Kier molecular flexibility index (Phi) is 5.22. The van der Waals surface area contributed by atoms with E-state index in [-0.39, 0.29) is 25.1 Å². The summed E-state index contributed by atoms with van der Waals surface area (Å²) in [5.74, 6) is -0.260. The van der Waals surface area contributed by atoms with Crippen LogP contribution >= 0.6 is 0 Å². The lowest BCUT2D eigenvalue weighted by Crippen LogP contribution is -2.27. The zero-order valence-corrected chi connectivity index (χ0v) is 17.5. The zero-order valence-electron chi connectivity index (χ0n) is 17.5. The van der Waals surface area contributed by atoms with Crippen LogP contribution in [0.2, 0.25) is 0 Å². The molecule has 0 fully saturated rings. The van der Waals surface area contributed by atoms with Crippen molar-refractivity contribution in [3.8, 4) is 11.3 Å². The number of hydrogen-bond donors (Lipinski definition) is 3. The first-order chi connectivity index (χ1) is 15.6. The largest absolute Gasteiger partial charge is 0.392 e. The molecule has 1 aliphatic rings. The van der Waals surface area contributed by atoms with E-state index in [2.05, 4.69) is 10.4 Å². The molecule has 6 nitrogen and oxygen atoms in total. The Balaban J connectivity index is 1.58. The number of halogens is 1. The molecule has 3 heterocycles. The average Bonchev–Trinajstić information content (AvgIpc) is 3.42. The molecule has 7 heteroatoms. The maximum absolute atomic E-state index is 13.4. The third kappa shape index (κ3) is 3.56. The van der Waals surface area contributed by atoms with E-state index < -0.39 is 0 Å². The minimum absolute atomic E-state index is 0.102. The number of aliphatic hydroxyl groups excluding tert-OH is 2. The van der Waals surface area contributed by atoms with Gasteiger partial charge in [-0.3, -0.25) is 4.40 Å². The van der Waals surface area contributed by atoms with Crippen LogP contribution in [0.1, 0.15) is 28.3 Å². The van der Waals surface area contributed by atoms with Crippen LogP contribution in [0.25, 0.3) is 22.5 Å². The highest BCUT2D eigenvalue weighted by atomic mass is 19.1. The van der Waals surface area contributed by atoms with Gasteiger partial charge in [0.05, 0.1) is 31.1 Å². The highest BCUT2D eigenvalue weighted by molar-refractivity contribution is 5.74. The van der Waals surface area contributed by atoms with Gasteiger partial charge in [0, 0.05) is 30.6 Å². The van der Waals surface area contributed by atoms with E-state index in [1.807, 2.05) is 59.2 Å². The van der Waals surface area contributed by atoms with E-state index in [4.69, 9.17) is 0 Å². The summed E-state index contributed by atoms with van der Waals surface area (Å²) < 4.78 is 15.5. The van der Waals surface area contributed by atoms with Gasteiger partial charge in [0.1, 0.15) is 11.5 Å². The lowest BCUT2D eigenvalue weighted by Gasteiger charge is -2.18. The molecule has 1 atom stereocenters. The minimum Gasteiger partial charge on any atom is -0.392 e. The lowest BCUT2D eigenvalue weighted by atomic mass is 9.96. The second-order valence-corrected chi connectivity index (χ2v) is 7.90. The second kappa shape index (κ2) is 8.20. The predicted octanol–water partition coefficient (Wildman–Crippen LogP) is 3.66. The molecule has 5 rings (SSSR count). The first-order valence-electron chi connectivity index (χ1n) is 10.3. The topological polar surface area (TPSA) is 73.0 Å². The van der Waals surface area contributed by atoms with Crippen LogP contribution in [0.3, 0.4) is 0 Å². The fourth-order valence-corrected chi connectivity index (χ4v) is 4.20. The number of hydrazine groups is 1. The van der Waals surface area contributed by atoms with E-state index in [0.29, 0.717) is 11.1 Å². The maximum Gasteiger partial charge on any atom is 0.137 e. The highest BCUT2D eigenvalue weighted by Gasteiger charge is 2.25. The Hall–Kier alpha value is -3.52. The van der Waals surface area contributed by atoms with Crippen LogP contribution in [-0.2, 0) is 13.2 Å².